The minimum Gasteiger partial charge on any atom is -0.478 e. The Kier molecular flexibility index (Phi) is 5.76. The number of rotatable bonds is 6. The van der Waals surface area contributed by atoms with E-state index in [1.807, 2.05) is 27.7 Å². The lowest BCUT2D eigenvalue weighted by Crippen LogP contribution is -2.35. The standard InChI is InChI=1S/C16H24N2O3/c1-5-12(9(2)3)15(19)18-10(4)13-8-11(16(20)21)6-7-14(13)17/h6-10,12H,5,17H2,1-4H3,(H,18,19)(H,20,21). The molecule has 0 bridgehead atoms. The molecule has 1 rings (SSSR count). The van der Waals surface area contributed by atoms with Crippen molar-refractivity contribution in [1.82, 2.24) is 5.32 Å². The van der Waals surface area contributed by atoms with E-state index < -0.39 is 5.97 Å². The number of nitrogens with two attached hydrogens (primary N) is 1. The summed E-state index contributed by atoms with van der Waals surface area (Å²) in [5.74, 6) is -0.843. The topological polar surface area (TPSA) is 92.4 Å². The molecule has 116 valence electrons. The molecule has 0 aliphatic heterocycles. The number of benzene rings is 1. The first kappa shape index (κ1) is 17.0. The Hall–Kier alpha value is -2.04. The Balaban J connectivity index is 2.93. The van der Waals surface area contributed by atoms with Gasteiger partial charge in [0.05, 0.1) is 11.6 Å². The molecule has 5 nitrogen and oxygen atoms in total. The first-order chi connectivity index (χ1) is 9.77. The smallest absolute Gasteiger partial charge is 0.335 e. The zero-order valence-electron chi connectivity index (χ0n) is 13.0. The highest BCUT2D eigenvalue weighted by Gasteiger charge is 2.22. The predicted molar refractivity (Wildman–Crippen MR) is 83.0 cm³/mol. The summed E-state index contributed by atoms with van der Waals surface area (Å²) in [4.78, 5) is 23.3. The summed E-state index contributed by atoms with van der Waals surface area (Å²) in [5, 5.41) is 12.0. The van der Waals surface area contributed by atoms with Crippen molar-refractivity contribution in [2.75, 3.05) is 5.73 Å². The number of nitrogens with one attached hydrogen (secondary N) is 1. The van der Waals surface area contributed by atoms with Gasteiger partial charge in [0, 0.05) is 11.6 Å². The second kappa shape index (κ2) is 7.11. The number of nitrogen functional groups attached to an aromatic ring is 1. The van der Waals surface area contributed by atoms with E-state index in [0.717, 1.165) is 6.42 Å². The summed E-state index contributed by atoms with van der Waals surface area (Å²) in [6, 6.07) is 4.20. The lowest BCUT2D eigenvalue weighted by molar-refractivity contribution is -0.127. The molecule has 0 fully saturated rings. The quantitative estimate of drug-likeness (QED) is 0.703. The lowest BCUT2D eigenvalue weighted by Gasteiger charge is -2.23. The third-order valence-electron chi connectivity index (χ3n) is 3.74. The zero-order chi connectivity index (χ0) is 16.2. The Morgan fingerprint density at radius 1 is 1.29 bits per heavy atom. The van der Waals surface area contributed by atoms with Gasteiger partial charge >= 0.3 is 5.97 Å². The van der Waals surface area contributed by atoms with Crippen molar-refractivity contribution in [1.29, 1.82) is 0 Å². The second-order valence-electron chi connectivity index (χ2n) is 5.64. The number of anilines is 1. The Morgan fingerprint density at radius 3 is 2.38 bits per heavy atom. The van der Waals surface area contributed by atoms with Gasteiger partial charge in [-0.2, -0.15) is 0 Å². The minimum absolute atomic E-state index is 0.0277. The van der Waals surface area contributed by atoms with E-state index in [4.69, 9.17) is 10.8 Å². The first-order valence-corrected chi connectivity index (χ1v) is 7.21. The number of aromatic carboxylic acids is 1. The molecule has 0 aromatic heterocycles. The molecule has 0 spiro atoms. The fraction of sp³-hybridized carbons (Fsp3) is 0.500. The van der Waals surface area contributed by atoms with Gasteiger partial charge < -0.3 is 16.2 Å². The molecule has 0 radical (unpaired) electrons. The van der Waals surface area contributed by atoms with Crippen molar-refractivity contribution >= 4 is 17.6 Å². The van der Waals surface area contributed by atoms with E-state index in [1.54, 1.807) is 6.07 Å². The maximum absolute atomic E-state index is 12.3. The van der Waals surface area contributed by atoms with Gasteiger partial charge in [0.15, 0.2) is 0 Å². The van der Waals surface area contributed by atoms with Crippen LogP contribution in [0.15, 0.2) is 18.2 Å². The monoisotopic (exact) mass is 292 g/mol. The Morgan fingerprint density at radius 2 is 1.90 bits per heavy atom. The van der Waals surface area contributed by atoms with Gasteiger partial charge in [-0.15, -0.1) is 0 Å². The molecule has 5 heteroatoms. The van der Waals surface area contributed by atoms with Crippen LogP contribution in [0.4, 0.5) is 5.69 Å². The molecule has 1 aromatic carbocycles. The molecule has 1 amide bonds. The van der Waals surface area contributed by atoms with E-state index >= 15 is 0 Å². The van der Waals surface area contributed by atoms with Crippen molar-refractivity contribution in [2.45, 2.75) is 40.2 Å². The maximum Gasteiger partial charge on any atom is 0.335 e. The average Bonchev–Trinajstić information content (AvgIpc) is 2.38. The number of hydrogen-bond donors (Lipinski definition) is 3. The molecule has 2 unspecified atom stereocenters. The molecule has 0 aliphatic carbocycles. The molecule has 4 N–H and O–H groups in total. The third-order valence-corrected chi connectivity index (χ3v) is 3.74. The molecular weight excluding hydrogens is 268 g/mol. The van der Waals surface area contributed by atoms with Gasteiger partial charge in [0.2, 0.25) is 5.91 Å². The molecule has 0 aliphatic rings. The Labute approximate surface area is 125 Å². The largest absolute Gasteiger partial charge is 0.478 e. The zero-order valence-corrected chi connectivity index (χ0v) is 13.0. The highest BCUT2D eigenvalue weighted by molar-refractivity contribution is 5.88. The van der Waals surface area contributed by atoms with Gasteiger partial charge in [0.1, 0.15) is 0 Å². The van der Waals surface area contributed by atoms with Gasteiger partial charge in [-0.05, 0) is 43.0 Å². The summed E-state index contributed by atoms with van der Waals surface area (Å²) in [6.07, 6.45) is 0.765. The Bertz CT molecular complexity index is 526. The average molecular weight is 292 g/mol. The normalized spacial score (nSPS) is 13.8. The van der Waals surface area contributed by atoms with Crippen LogP contribution in [-0.4, -0.2) is 17.0 Å². The van der Waals surface area contributed by atoms with E-state index in [-0.39, 0.29) is 29.3 Å². The third kappa shape index (κ3) is 4.21. The van der Waals surface area contributed by atoms with Crippen molar-refractivity contribution in [3.05, 3.63) is 29.3 Å². The minimum atomic E-state index is -1.01. The summed E-state index contributed by atoms with van der Waals surface area (Å²) < 4.78 is 0. The van der Waals surface area contributed by atoms with Crippen LogP contribution in [0.2, 0.25) is 0 Å². The summed E-state index contributed by atoms with van der Waals surface area (Å²) in [7, 11) is 0. The van der Waals surface area contributed by atoms with Gasteiger partial charge in [-0.25, -0.2) is 4.79 Å². The van der Waals surface area contributed by atoms with Crippen LogP contribution in [0, 0.1) is 11.8 Å². The number of hydrogen-bond acceptors (Lipinski definition) is 3. The molecule has 21 heavy (non-hydrogen) atoms. The second-order valence-corrected chi connectivity index (χ2v) is 5.64. The predicted octanol–water partition coefficient (Wildman–Crippen LogP) is 2.83. The molecular formula is C16H24N2O3. The fourth-order valence-electron chi connectivity index (χ4n) is 2.44. The van der Waals surface area contributed by atoms with Gasteiger partial charge in [-0.1, -0.05) is 20.8 Å². The van der Waals surface area contributed by atoms with Gasteiger partial charge in [-0.3, -0.25) is 4.79 Å². The van der Waals surface area contributed by atoms with E-state index in [0.29, 0.717) is 11.3 Å². The van der Waals surface area contributed by atoms with Crippen LogP contribution in [0.5, 0.6) is 0 Å². The van der Waals surface area contributed by atoms with Gasteiger partial charge in [0.25, 0.3) is 0 Å². The lowest BCUT2D eigenvalue weighted by atomic mass is 9.91. The van der Waals surface area contributed by atoms with Crippen molar-refractivity contribution in [2.24, 2.45) is 11.8 Å². The highest BCUT2D eigenvalue weighted by atomic mass is 16.4. The highest BCUT2D eigenvalue weighted by Crippen LogP contribution is 2.23. The maximum atomic E-state index is 12.3. The molecule has 2 atom stereocenters. The number of carbonyl (C=O) groups excluding carboxylic acids is 1. The van der Waals surface area contributed by atoms with Crippen LogP contribution in [-0.2, 0) is 4.79 Å². The van der Waals surface area contributed by atoms with Crippen molar-refractivity contribution < 1.29 is 14.7 Å². The van der Waals surface area contributed by atoms with Crippen molar-refractivity contribution in [3.63, 3.8) is 0 Å². The first-order valence-electron chi connectivity index (χ1n) is 7.21. The fourth-order valence-corrected chi connectivity index (χ4v) is 2.44. The van der Waals surface area contributed by atoms with E-state index in [2.05, 4.69) is 5.32 Å². The van der Waals surface area contributed by atoms with Crippen LogP contribution >= 0.6 is 0 Å². The van der Waals surface area contributed by atoms with Crippen molar-refractivity contribution in [3.8, 4) is 0 Å². The number of carboxylic acid groups (broad SMARTS) is 1. The molecule has 0 heterocycles. The molecule has 1 aromatic rings. The van der Waals surface area contributed by atoms with Crippen LogP contribution < -0.4 is 11.1 Å². The summed E-state index contributed by atoms with van der Waals surface area (Å²) in [6.45, 7) is 7.81. The SMILES string of the molecule is CCC(C(=O)NC(C)c1cc(C(=O)O)ccc1N)C(C)C. The van der Waals surface area contributed by atoms with Crippen LogP contribution in [0.1, 0.15) is 56.1 Å². The van der Waals surface area contributed by atoms with Crippen LogP contribution in [0.25, 0.3) is 0 Å². The van der Waals surface area contributed by atoms with Crippen LogP contribution in [0.3, 0.4) is 0 Å². The molecule has 0 saturated heterocycles. The summed E-state index contributed by atoms with van der Waals surface area (Å²) >= 11 is 0. The molecule has 0 saturated carbocycles. The van der Waals surface area contributed by atoms with E-state index in [1.165, 1.54) is 12.1 Å². The summed E-state index contributed by atoms with van der Waals surface area (Å²) in [5.41, 5.74) is 7.16. The number of amides is 1. The van der Waals surface area contributed by atoms with E-state index in [9.17, 15) is 9.59 Å². The number of carbonyl (C=O) groups is 2. The number of carboxylic acids is 1.